The highest BCUT2D eigenvalue weighted by molar-refractivity contribution is 5.92. The maximum atomic E-state index is 12.0. The first-order valence-electron chi connectivity index (χ1n) is 5.62. The molecule has 94 valence electrons. The van der Waals surface area contributed by atoms with Crippen molar-refractivity contribution in [3.05, 3.63) is 30.1 Å². The third kappa shape index (κ3) is 3.27. The average molecular weight is 236 g/mol. The molecule has 1 aliphatic rings. The standard InChI is InChI=1S/C12H16N2O2.CH4/c15-9-10-4-7-14(8-5-10)12(16)11-3-1-2-6-13-11;/h1-3,6,10,15H,4-5,7-9H2;1H4. The number of amides is 1. The minimum absolute atomic E-state index is 0. The Morgan fingerprint density at radius 3 is 2.65 bits per heavy atom. The molecular formula is C13H20N2O2. The van der Waals surface area contributed by atoms with Gasteiger partial charge in [-0.05, 0) is 30.9 Å². The highest BCUT2D eigenvalue weighted by Crippen LogP contribution is 2.17. The van der Waals surface area contributed by atoms with Gasteiger partial charge in [-0.15, -0.1) is 0 Å². The molecule has 4 heteroatoms. The van der Waals surface area contributed by atoms with E-state index in [4.69, 9.17) is 5.11 Å². The summed E-state index contributed by atoms with van der Waals surface area (Å²) in [6.07, 6.45) is 3.40. The number of aliphatic hydroxyl groups is 1. The molecule has 4 nitrogen and oxygen atoms in total. The lowest BCUT2D eigenvalue weighted by Gasteiger charge is -2.30. The zero-order valence-electron chi connectivity index (χ0n) is 9.17. The molecule has 1 aromatic rings. The molecule has 0 saturated carbocycles. The number of rotatable bonds is 2. The second-order valence-corrected chi connectivity index (χ2v) is 4.13. The Balaban J connectivity index is 0.00000144. The fourth-order valence-corrected chi connectivity index (χ4v) is 1.97. The van der Waals surface area contributed by atoms with Crippen LogP contribution in [0.3, 0.4) is 0 Å². The summed E-state index contributed by atoms with van der Waals surface area (Å²) >= 11 is 0. The number of carbonyl (C=O) groups excluding carboxylic acids is 1. The lowest BCUT2D eigenvalue weighted by molar-refractivity contribution is 0.0645. The predicted molar refractivity (Wildman–Crippen MR) is 66.7 cm³/mol. The summed E-state index contributed by atoms with van der Waals surface area (Å²) in [6.45, 7) is 1.67. The van der Waals surface area contributed by atoms with Gasteiger partial charge < -0.3 is 10.0 Å². The molecule has 1 fully saturated rings. The fraction of sp³-hybridized carbons (Fsp3) is 0.538. The van der Waals surface area contributed by atoms with E-state index >= 15 is 0 Å². The van der Waals surface area contributed by atoms with Crippen molar-refractivity contribution in [2.24, 2.45) is 5.92 Å². The van der Waals surface area contributed by atoms with Crippen LogP contribution in [0.25, 0.3) is 0 Å². The molecule has 0 unspecified atom stereocenters. The topological polar surface area (TPSA) is 53.4 Å². The number of likely N-dealkylation sites (tertiary alicyclic amines) is 1. The van der Waals surface area contributed by atoms with Gasteiger partial charge in [0.05, 0.1) is 0 Å². The van der Waals surface area contributed by atoms with Gasteiger partial charge in [0.25, 0.3) is 5.91 Å². The minimum atomic E-state index is -0.00279. The van der Waals surface area contributed by atoms with Gasteiger partial charge in [0.1, 0.15) is 5.69 Å². The van der Waals surface area contributed by atoms with Gasteiger partial charge in [0, 0.05) is 25.9 Å². The van der Waals surface area contributed by atoms with E-state index < -0.39 is 0 Å². The summed E-state index contributed by atoms with van der Waals surface area (Å²) in [5.74, 6) is 0.352. The van der Waals surface area contributed by atoms with Crippen LogP contribution in [0, 0.1) is 5.92 Å². The zero-order chi connectivity index (χ0) is 11.4. The molecule has 1 aliphatic heterocycles. The molecule has 2 rings (SSSR count). The Bertz CT molecular complexity index is 346. The van der Waals surface area contributed by atoms with Gasteiger partial charge in [0.15, 0.2) is 0 Å². The van der Waals surface area contributed by atoms with Crippen molar-refractivity contribution in [3.63, 3.8) is 0 Å². The second kappa shape index (κ2) is 6.35. The Hall–Kier alpha value is -1.42. The molecule has 1 amide bonds. The van der Waals surface area contributed by atoms with Gasteiger partial charge in [0.2, 0.25) is 0 Å². The van der Waals surface area contributed by atoms with Crippen molar-refractivity contribution in [2.75, 3.05) is 19.7 Å². The van der Waals surface area contributed by atoms with Crippen molar-refractivity contribution in [1.82, 2.24) is 9.88 Å². The van der Waals surface area contributed by atoms with E-state index in [1.807, 2.05) is 11.0 Å². The van der Waals surface area contributed by atoms with Gasteiger partial charge in [-0.3, -0.25) is 9.78 Å². The number of aliphatic hydroxyl groups excluding tert-OH is 1. The number of carbonyl (C=O) groups is 1. The number of piperidine rings is 1. The average Bonchev–Trinajstić information content (AvgIpc) is 2.39. The molecule has 17 heavy (non-hydrogen) atoms. The lowest BCUT2D eigenvalue weighted by Crippen LogP contribution is -2.39. The van der Waals surface area contributed by atoms with Crippen LogP contribution in [0.4, 0.5) is 0 Å². The number of aromatic nitrogens is 1. The molecule has 1 aromatic heterocycles. The van der Waals surface area contributed by atoms with Gasteiger partial charge >= 0.3 is 0 Å². The normalized spacial score (nSPS) is 16.4. The molecule has 0 aliphatic carbocycles. The SMILES string of the molecule is C.O=C(c1ccccn1)N1CCC(CO)CC1. The van der Waals surface area contributed by atoms with Crippen molar-refractivity contribution < 1.29 is 9.90 Å². The maximum Gasteiger partial charge on any atom is 0.272 e. The zero-order valence-corrected chi connectivity index (χ0v) is 9.17. The molecule has 1 saturated heterocycles. The van der Waals surface area contributed by atoms with Crippen LogP contribution in [0.5, 0.6) is 0 Å². The van der Waals surface area contributed by atoms with Crippen molar-refractivity contribution >= 4 is 5.91 Å². The van der Waals surface area contributed by atoms with Gasteiger partial charge in [-0.2, -0.15) is 0 Å². The van der Waals surface area contributed by atoms with Crippen molar-refractivity contribution in [2.45, 2.75) is 20.3 Å². The first kappa shape index (κ1) is 13.6. The number of pyridine rings is 1. The molecule has 1 N–H and O–H groups in total. The maximum absolute atomic E-state index is 12.0. The lowest BCUT2D eigenvalue weighted by atomic mass is 9.98. The molecule has 0 atom stereocenters. The predicted octanol–water partition coefficient (Wildman–Crippen LogP) is 1.56. The first-order chi connectivity index (χ1) is 7.81. The third-order valence-electron chi connectivity index (χ3n) is 3.04. The van der Waals surface area contributed by atoms with E-state index in [1.54, 1.807) is 18.3 Å². The molecular weight excluding hydrogens is 216 g/mol. The molecule has 0 radical (unpaired) electrons. The highest BCUT2D eigenvalue weighted by atomic mass is 16.3. The highest BCUT2D eigenvalue weighted by Gasteiger charge is 2.23. The van der Waals surface area contributed by atoms with Gasteiger partial charge in [-0.1, -0.05) is 13.5 Å². The minimum Gasteiger partial charge on any atom is -0.396 e. The van der Waals surface area contributed by atoms with E-state index in [2.05, 4.69) is 4.98 Å². The summed E-state index contributed by atoms with van der Waals surface area (Å²) in [6, 6.07) is 5.36. The second-order valence-electron chi connectivity index (χ2n) is 4.13. The van der Waals surface area contributed by atoms with Crippen LogP contribution in [-0.4, -0.2) is 40.6 Å². The molecule has 0 aromatic carbocycles. The summed E-state index contributed by atoms with van der Waals surface area (Å²) < 4.78 is 0. The molecule has 0 bridgehead atoms. The molecule has 0 spiro atoms. The van der Waals surface area contributed by atoms with Crippen molar-refractivity contribution in [3.8, 4) is 0 Å². The fourth-order valence-electron chi connectivity index (χ4n) is 1.97. The smallest absolute Gasteiger partial charge is 0.272 e. The van der Waals surface area contributed by atoms with E-state index in [0.717, 1.165) is 25.9 Å². The van der Waals surface area contributed by atoms with Crippen LogP contribution in [0.2, 0.25) is 0 Å². The summed E-state index contributed by atoms with van der Waals surface area (Å²) in [5, 5.41) is 9.02. The quantitative estimate of drug-likeness (QED) is 0.848. The van der Waals surface area contributed by atoms with Crippen LogP contribution < -0.4 is 0 Å². The van der Waals surface area contributed by atoms with E-state index in [-0.39, 0.29) is 19.9 Å². The van der Waals surface area contributed by atoms with Crippen LogP contribution in [0.15, 0.2) is 24.4 Å². The van der Waals surface area contributed by atoms with E-state index in [0.29, 0.717) is 11.6 Å². The number of hydrogen-bond donors (Lipinski definition) is 1. The Morgan fingerprint density at radius 1 is 1.41 bits per heavy atom. The summed E-state index contributed by atoms with van der Waals surface area (Å²) in [7, 11) is 0. The Labute approximate surface area is 102 Å². The third-order valence-corrected chi connectivity index (χ3v) is 3.04. The largest absolute Gasteiger partial charge is 0.396 e. The number of hydrogen-bond acceptors (Lipinski definition) is 3. The Morgan fingerprint density at radius 2 is 2.12 bits per heavy atom. The molecule has 2 heterocycles. The number of nitrogens with zero attached hydrogens (tertiary/aromatic N) is 2. The van der Waals surface area contributed by atoms with Gasteiger partial charge in [-0.25, -0.2) is 0 Å². The van der Waals surface area contributed by atoms with E-state index in [1.165, 1.54) is 0 Å². The summed E-state index contributed by atoms with van der Waals surface area (Å²) in [5.41, 5.74) is 0.505. The first-order valence-corrected chi connectivity index (χ1v) is 5.62. The van der Waals surface area contributed by atoms with Crippen LogP contribution >= 0.6 is 0 Å². The van der Waals surface area contributed by atoms with E-state index in [9.17, 15) is 4.79 Å². The van der Waals surface area contributed by atoms with Crippen molar-refractivity contribution in [1.29, 1.82) is 0 Å². The Kier molecular flexibility index (Phi) is 5.10. The monoisotopic (exact) mass is 236 g/mol. The summed E-state index contributed by atoms with van der Waals surface area (Å²) in [4.78, 5) is 17.9. The van der Waals surface area contributed by atoms with Crippen LogP contribution in [-0.2, 0) is 0 Å². The van der Waals surface area contributed by atoms with Crippen LogP contribution in [0.1, 0.15) is 30.8 Å².